The summed E-state index contributed by atoms with van der Waals surface area (Å²) < 4.78 is 0. The van der Waals surface area contributed by atoms with Crippen LogP contribution in [0.25, 0.3) is 0 Å². The van der Waals surface area contributed by atoms with Crippen LogP contribution in [0.5, 0.6) is 0 Å². The van der Waals surface area contributed by atoms with Crippen molar-refractivity contribution in [3.05, 3.63) is 0 Å². The molecule has 0 heteroatoms. The molecule has 0 aromatic carbocycles. The summed E-state index contributed by atoms with van der Waals surface area (Å²) in [5.74, 6) is 4.00. The predicted octanol–water partition coefficient (Wildman–Crippen LogP) is 3.71. The Morgan fingerprint density at radius 1 is 1.18 bits per heavy atom. The summed E-state index contributed by atoms with van der Waals surface area (Å²) in [4.78, 5) is 0. The van der Waals surface area contributed by atoms with Crippen molar-refractivity contribution in [1.82, 2.24) is 0 Å². The molecule has 0 heterocycles. The molecule has 1 saturated carbocycles. The highest BCUT2D eigenvalue weighted by molar-refractivity contribution is 4.86. The lowest BCUT2D eigenvalue weighted by Crippen LogP contribution is -2.00. The maximum Gasteiger partial charge on any atom is -0.0360 e. The Bertz CT molecular complexity index is 115. The van der Waals surface area contributed by atoms with Crippen molar-refractivity contribution in [3.8, 4) is 0 Å². The molecular formula is C11H22. The summed E-state index contributed by atoms with van der Waals surface area (Å²) in [6, 6.07) is 0. The lowest BCUT2D eigenvalue weighted by molar-refractivity contribution is 0.399. The fourth-order valence-electron chi connectivity index (χ4n) is 1.95. The molecule has 0 radical (unpaired) electrons. The smallest absolute Gasteiger partial charge is 0.0360 e. The summed E-state index contributed by atoms with van der Waals surface area (Å²) in [7, 11) is 0. The maximum absolute atomic E-state index is 2.43. The standard InChI is InChI=1S/C11H22/c1-8(2)5-6-9(3)11-7-10(11)4/h8-11H,5-7H2,1-4H3. The first-order chi connectivity index (χ1) is 5.11. The van der Waals surface area contributed by atoms with E-state index < -0.39 is 0 Å². The Labute approximate surface area is 71.4 Å². The van der Waals surface area contributed by atoms with Crippen LogP contribution in [0.1, 0.15) is 47.0 Å². The topological polar surface area (TPSA) is 0 Å². The largest absolute Gasteiger partial charge is 0.0628 e. The zero-order chi connectivity index (χ0) is 8.43. The Balaban J connectivity index is 2.07. The molecule has 0 N–H and O–H groups in total. The first-order valence-electron chi connectivity index (χ1n) is 5.11. The highest BCUT2D eigenvalue weighted by Crippen LogP contribution is 2.45. The van der Waals surface area contributed by atoms with E-state index in [1.807, 2.05) is 0 Å². The monoisotopic (exact) mass is 154 g/mol. The first kappa shape index (κ1) is 9.09. The molecular weight excluding hydrogens is 132 g/mol. The predicted molar refractivity (Wildman–Crippen MR) is 50.5 cm³/mol. The van der Waals surface area contributed by atoms with Gasteiger partial charge >= 0.3 is 0 Å². The van der Waals surface area contributed by atoms with E-state index >= 15 is 0 Å². The van der Waals surface area contributed by atoms with Gasteiger partial charge in [0.1, 0.15) is 0 Å². The minimum atomic E-state index is 0.895. The summed E-state index contributed by atoms with van der Waals surface area (Å²) in [5.41, 5.74) is 0. The third kappa shape index (κ3) is 2.84. The number of hydrogen-bond donors (Lipinski definition) is 0. The molecule has 66 valence electrons. The van der Waals surface area contributed by atoms with E-state index in [-0.39, 0.29) is 0 Å². The summed E-state index contributed by atoms with van der Waals surface area (Å²) in [5, 5.41) is 0. The van der Waals surface area contributed by atoms with Gasteiger partial charge in [0, 0.05) is 0 Å². The van der Waals surface area contributed by atoms with Crippen LogP contribution in [-0.2, 0) is 0 Å². The molecule has 3 atom stereocenters. The van der Waals surface area contributed by atoms with Crippen LogP contribution in [-0.4, -0.2) is 0 Å². The van der Waals surface area contributed by atoms with Crippen LogP contribution in [0.2, 0.25) is 0 Å². The van der Waals surface area contributed by atoms with Crippen molar-refractivity contribution in [3.63, 3.8) is 0 Å². The Morgan fingerprint density at radius 2 is 1.73 bits per heavy atom. The number of hydrogen-bond acceptors (Lipinski definition) is 0. The van der Waals surface area contributed by atoms with Gasteiger partial charge in [-0.1, -0.05) is 40.5 Å². The Kier molecular flexibility index (Phi) is 2.98. The van der Waals surface area contributed by atoms with Crippen LogP contribution in [0.4, 0.5) is 0 Å². The van der Waals surface area contributed by atoms with E-state index in [0.29, 0.717) is 0 Å². The molecule has 1 rings (SSSR count). The van der Waals surface area contributed by atoms with E-state index in [2.05, 4.69) is 27.7 Å². The van der Waals surface area contributed by atoms with E-state index in [4.69, 9.17) is 0 Å². The summed E-state index contributed by atoms with van der Waals surface area (Å²) >= 11 is 0. The first-order valence-corrected chi connectivity index (χ1v) is 5.11. The van der Waals surface area contributed by atoms with E-state index in [1.165, 1.54) is 19.3 Å². The van der Waals surface area contributed by atoms with Gasteiger partial charge in [0.15, 0.2) is 0 Å². The van der Waals surface area contributed by atoms with Gasteiger partial charge in [-0.15, -0.1) is 0 Å². The van der Waals surface area contributed by atoms with Gasteiger partial charge < -0.3 is 0 Å². The van der Waals surface area contributed by atoms with Gasteiger partial charge in [0.2, 0.25) is 0 Å². The Hall–Kier alpha value is 0. The van der Waals surface area contributed by atoms with Crippen molar-refractivity contribution in [2.75, 3.05) is 0 Å². The normalized spacial score (nSPS) is 32.5. The van der Waals surface area contributed by atoms with Gasteiger partial charge in [-0.25, -0.2) is 0 Å². The van der Waals surface area contributed by atoms with Crippen LogP contribution in [0.15, 0.2) is 0 Å². The highest BCUT2D eigenvalue weighted by atomic mass is 14.4. The zero-order valence-corrected chi connectivity index (χ0v) is 8.43. The molecule has 1 aliphatic carbocycles. The van der Waals surface area contributed by atoms with E-state index in [0.717, 1.165) is 23.7 Å². The van der Waals surface area contributed by atoms with Crippen LogP contribution in [0.3, 0.4) is 0 Å². The molecule has 1 fully saturated rings. The minimum absolute atomic E-state index is 0.895. The van der Waals surface area contributed by atoms with E-state index in [9.17, 15) is 0 Å². The number of rotatable bonds is 4. The second-order valence-electron chi connectivity index (χ2n) is 4.83. The van der Waals surface area contributed by atoms with Crippen LogP contribution in [0, 0.1) is 23.7 Å². The molecule has 0 amide bonds. The van der Waals surface area contributed by atoms with Crippen LogP contribution >= 0.6 is 0 Å². The van der Waals surface area contributed by atoms with Crippen molar-refractivity contribution in [2.45, 2.75) is 47.0 Å². The third-order valence-electron chi connectivity index (χ3n) is 3.10. The fourth-order valence-corrected chi connectivity index (χ4v) is 1.95. The van der Waals surface area contributed by atoms with Gasteiger partial charge in [-0.2, -0.15) is 0 Å². The Morgan fingerprint density at radius 3 is 2.09 bits per heavy atom. The molecule has 0 aromatic rings. The molecule has 3 unspecified atom stereocenters. The molecule has 11 heavy (non-hydrogen) atoms. The molecule has 0 spiro atoms. The average molecular weight is 154 g/mol. The van der Waals surface area contributed by atoms with Crippen molar-refractivity contribution >= 4 is 0 Å². The maximum atomic E-state index is 2.43. The second kappa shape index (κ2) is 3.60. The molecule has 0 saturated heterocycles. The molecule has 1 aliphatic rings. The van der Waals surface area contributed by atoms with Crippen molar-refractivity contribution < 1.29 is 0 Å². The fraction of sp³-hybridized carbons (Fsp3) is 1.00. The van der Waals surface area contributed by atoms with E-state index in [1.54, 1.807) is 0 Å². The van der Waals surface area contributed by atoms with Gasteiger partial charge in [-0.05, 0) is 30.1 Å². The SMILES string of the molecule is CC(C)CCC(C)C1CC1C. The summed E-state index contributed by atoms with van der Waals surface area (Å²) in [6.45, 7) is 9.46. The molecule has 0 aliphatic heterocycles. The van der Waals surface area contributed by atoms with Gasteiger partial charge in [0.05, 0.1) is 0 Å². The van der Waals surface area contributed by atoms with Crippen LogP contribution < -0.4 is 0 Å². The van der Waals surface area contributed by atoms with Gasteiger partial charge in [-0.3, -0.25) is 0 Å². The molecule has 0 aromatic heterocycles. The molecule has 0 nitrogen and oxygen atoms in total. The second-order valence-corrected chi connectivity index (χ2v) is 4.83. The quantitative estimate of drug-likeness (QED) is 0.579. The summed E-state index contributed by atoms with van der Waals surface area (Å²) in [6.07, 6.45) is 4.37. The zero-order valence-electron chi connectivity index (χ0n) is 8.43. The van der Waals surface area contributed by atoms with Crippen molar-refractivity contribution in [2.24, 2.45) is 23.7 Å². The lowest BCUT2D eigenvalue weighted by atomic mass is 9.95. The third-order valence-corrected chi connectivity index (χ3v) is 3.10. The van der Waals surface area contributed by atoms with Gasteiger partial charge in [0.25, 0.3) is 0 Å². The highest BCUT2D eigenvalue weighted by Gasteiger charge is 2.36. The molecule has 0 bridgehead atoms. The minimum Gasteiger partial charge on any atom is -0.0628 e. The van der Waals surface area contributed by atoms with Crippen molar-refractivity contribution in [1.29, 1.82) is 0 Å². The lowest BCUT2D eigenvalue weighted by Gasteiger charge is -2.11. The average Bonchev–Trinajstić information content (AvgIpc) is 2.61.